The van der Waals surface area contributed by atoms with E-state index in [9.17, 15) is 18.0 Å². The number of benzene rings is 1. The lowest BCUT2D eigenvalue weighted by molar-refractivity contribution is -0.151. The van der Waals surface area contributed by atoms with Crippen LogP contribution in [0.2, 0.25) is 0 Å². The molecule has 0 bridgehead atoms. The predicted molar refractivity (Wildman–Crippen MR) is 96.0 cm³/mol. The Labute approximate surface area is 153 Å². The summed E-state index contributed by atoms with van der Waals surface area (Å²) in [4.78, 5) is 23.9. The summed E-state index contributed by atoms with van der Waals surface area (Å²) in [6.07, 6.45) is 5.47. The summed E-state index contributed by atoms with van der Waals surface area (Å²) in [6, 6.07) is 6.04. The molecular weight excluding hydrogens is 356 g/mol. The maximum Gasteiger partial charge on any atom is 0.309 e. The monoisotopic (exact) mass is 380 g/mol. The molecule has 7 nitrogen and oxygen atoms in total. The third-order valence-corrected chi connectivity index (χ3v) is 6.79. The van der Waals surface area contributed by atoms with Gasteiger partial charge in [0.15, 0.2) is 6.61 Å². The van der Waals surface area contributed by atoms with E-state index < -0.39 is 15.9 Å². The van der Waals surface area contributed by atoms with E-state index in [4.69, 9.17) is 4.74 Å². The van der Waals surface area contributed by atoms with Gasteiger partial charge in [0.1, 0.15) is 0 Å². The van der Waals surface area contributed by atoms with Crippen LogP contribution in [0.4, 0.5) is 5.69 Å². The van der Waals surface area contributed by atoms with Gasteiger partial charge in [-0.15, -0.1) is 0 Å². The van der Waals surface area contributed by atoms with Crippen LogP contribution in [0.15, 0.2) is 29.2 Å². The first-order chi connectivity index (χ1) is 12.5. The summed E-state index contributed by atoms with van der Waals surface area (Å²) in [5, 5.41) is 2.61. The van der Waals surface area contributed by atoms with E-state index >= 15 is 0 Å². The molecule has 2 fully saturated rings. The molecular formula is C18H24N2O5S. The highest BCUT2D eigenvalue weighted by Gasteiger charge is 2.27. The van der Waals surface area contributed by atoms with E-state index in [-0.39, 0.29) is 23.4 Å². The van der Waals surface area contributed by atoms with Crippen LogP contribution >= 0.6 is 0 Å². The third kappa shape index (κ3) is 4.42. The zero-order valence-corrected chi connectivity index (χ0v) is 15.5. The first kappa shape index (κ1) is 18.8. The van der Waals surface area contributed by atoms with E-state index in [1.807, 2.05) is 0 Å². The molecule has 1 aromatic carbocycles. The summed E-state index contributed by atoms with van der Waals surface area (Å²) >= 11 is 0. The Morgan fingerprint density at radius 2 is 1.65 bits per heavy atom. The Balaban J connectivity index is 1.52. The molecule has 1 aliphatic heterocycles. The third-order valence-electron chi connectivity index (χ3n) is 4.87. The van der Waals surface area contributed by atoms with E-state index in [1.54, 1.807) is 12.1 Å². The molecule has 1 aromatic rings. The molecule has 142 valence electrons. The Bertz CT molecular complexity index is 748. The maximum atomic E-state index is 12.5. The molecule has 0 radical (unpaired) electrons. The number of nitrogens with zero attached hydrogens (tertiary/aromatic N) is 1. The fourth-order valence-corrected chi connectivity index (χ4v) is 4.92. The quantitative estimate of drug-likeness (QED) is 0.763. The van der Waals surface area contributed by atoms with Crippen LogP contribution in [-0.4, -0.2) is 44.3 Å². The van der Waals surface area contributed by atoms with E-state index in [1.165, 1.54) is 16.4 Å². The molecule has 0 aromatic heterocycles. The number of hydrogen-bond donors (Lipinski definition) is 1. The van der Waals surface area contributed by atoms with Crippen LogP contribution in [0.5, 0.6) is 0 Å². The largest absolute Gasteiger partial charge is 0.455 e. The standard InChI is InChI=1S/C18H24N2O5S/c21-17(13-25-18(22)14-5-1-2-6-14)19-15-7-9-16(10-8-15)26(23,24)20-11-3-4-12-20/h7-10,14H,1-6,11-13H2,(H,19,21). The van der Waals surface area contributed by atoms with Gasteiger partial charge in [-0.1, -0.05) is 12.8 Å². The van der Waals surface area contributed by atoms with Crippen molar-refractivity contribution in [3.63, 3.8) is 0 Å². The Morgan fingerprint density at radius 1 is 1.04 bits per heavy atom. The second-order valence-corrected chi connectivity index (χ2v) is 8.71. The fraction of sp³-hybridized carbons (Fsp3) is 0.556. The average molecular weight is 380 g/mol. The van der Waals surface area contributed by atoms with E-state index in [0.29, 0.717) is 18.8 Å². The summed E-state index contributed by atoms with van der Waals surface area (Å²) in [7, 11) is -3.46. The van der Waals surface area contributed by atoms with Gasteiger partial charge < -0.3 is 10.1 Å². The van der Waals surface area contributed by atoms with Gasteiger partial charge >= 0.3 is 5.97 Å². The summed E-state index contributed by atoms with van der Waals surface area (Å²) in [5.41, 5.74) is 0.465. The molecule has 1 saturated heterocycles. The minimum absolute atomic E-state index is 0.0853. The zero-order chi connectivity index (χ0) is 18.6. The number of ether oxygens (including phenoxy) is 1. The lowest BCUT2D eigenvalue weighted by Gasteiger charge is -2.15. The van der Waals surface area contributed by atoms with Crippen molar-refractivity contribution < 1.29 is 22.7 Å². The second kappa shape index (κ2) is 8.18. The van der Waals surface area contributed by atoms with Crippen LogP contribution < -0.4 is 5.32 Å². The number of esters is 1. The molecule has 3 rings (SSSR count). The lowest BCUT2D eigenvalue weighted by Crippen LogP contribution is -2.27. The van der Waals surface area contributed by atoms with Gasteiger partial charge in [-0.05, 0) is 49.9 Å². The minimum Gasteiger partial charge on any atom is -0.455 e. The van der Waals surface area contributed by atoms with Crippen molar-refractivity contribution in [2.75, 3.05) is 25.0 Å². The molecule has 1 N–H and O–H groups in total. The first-order valence-corrected chi connectivity index (χ1v) is 10.5. The van der Waals surface area contributed by atoms with Crippen molar-refractivity contribution in [1.29, 1.82) is 0 Å². The Morgan fingerprint density at radius 3 is 2.27 bits per heavy atom. The molecule has 26 heavy (non-hydrogen) atoms. The van der Waals surface area contributed by atoms with Crippen molar-refractivity contribution in [2.24, 2.45) is 5.92 Å². The number of rotatable bonds is 6. The number of sulfonamides is 1. The maximum absolute atomic E-state index is 12.5. The first-order valence-electron chi connectivity index (χ1n) is 9.03. The molecule has 1 heterocycles. The van der Waals surface area contributed by atoms with Crippen LogP contribution in [0.1, 0.15) is 38.5 Å². The Kier molecular flexibility index (Phi) is 5.93. The van der Waals surface area contributed by atoms with Gasteiger partial charge in [0.25, 0.3) is 5.91 Å². The molecule has 8 heteroatoms. The minimum atomic E-state index is -3.46. The van der Waals surface area contributed by atoms with Gasteiger partial charge in [0.05, 0.1) is 10.8 Å². The van der Waals surface area contributed by atoms with Crippen molar-refractivity contribution in [2.45, 2.75) is 43.4 Å². The highest BCUT2D eigenvalue weighted by Crippen LogP contribution is 2.26. The number of hydrogen-bond acceptors (Lipinski definition) is 5. The van der Waals surface area contributed by atoms with Crippen LogP contribution in [0.25, 0.3) is 0 Å². The number of amides is 1. The molecule has 0 spiro atoms. The summed E-state index contributed by atoms with van der Waals surface area (Å²) < 4.78 is 31.4. The van der Waals surface area contributed by atoms with Crippen molar-refractivity contribution in [1.82, 2.24) is 4.31 Å². The van der Waals surface area contributed by atoms with Crippen molar-refractivity contribution >= 4 is 27.6 Å². The second-order valence-electron chi connectivity index (χ2n) is 6.77. The van der Waals surface area contributed by atoms with Gasteiger partial charge in [0.2, 0.25) is 10.0 Å². The van der Waals surface area contributed by atoms with Crippen LogP contribution in [0, 0.1) is 5.92 Å². The molecule has 0 unspecified atom stereocenters. The molecule has 0 atom stereocenters. The van der Waals surface area contributed by atoms with E-state index in [2.05, 4.69) is 5.32 Å². The number of carbonyl (C=O) groups excluding carboxylic acids is 2. The van der Waals surface area contributed by atoms with Gasteiger partial charge in [-0.3, -0.25) is 9.59 Å². The molecule has 1 aliphatic carbocycles. The zero-order valence-electron chi connectivity index (χ0n) is 14.6. The molecule has 1 saturated carbocycles. The van der Waals surface area contributed by atoms with Crippen LogP contribution in [0.3, 0.4) is 0 Å². The lowest BCUT2D eigenvalue weighted by atomic mass is 10.1. The number of carbonyl (C=O) groups is 2. The van der Waals surface area contributed by atoms with Gasteiger partial charge in [-0.25, -0.2) is 8.42 Å². The summed E-state index contributed by atoms with van der Waals surface area (Å²) in [6.45, 7) is 0.767. The SMILES string of the molecule is O=C(COC(=O)C1CCCC1)Nc1ccc(S(=O)(=O)N2CCCC2)cc1. The Hall–Kier alpha value is -1.93. The van der Waals surface area contributed by atoms with Gasteiger partial charge in [-0.2, -0.15) is 4.31 Å². The fourth-order valence-electron chi connectivity index (χ4n) is 3.40. The normalized spacial score (nSPS) is 18.8. The summed E-state index contributed by atoms with van der Waals surface area (Å²) in [5.74, 6) is -0.839. The number of nitrogens with one attached hydrogen (secondary N) is 1. The van der Waals surface area contributed by atoms with E-state index in [0.717, 1.165) is 38.5 Å². The van der Waals surface area contributed by atoms with Gasteiger partial charge in [0, 0.05) is 18.8 Å². The smallest absolute Gasteiger partial charge is 0.309 e. The number of anilines is 1. The van der Waals surface area contributed by atoms with Crippen LogP contribution in [-0.2, 0) is 24.3 Å². The highest BCUT2D eigenvalue weighted by molar-refractivity contribution is 7.89. The topological polar surface area (TPSA) is 92.8 Å². The van der Waals surface area contributed by atoms with Crippen molar-refractivity contribution in [3.8, 4) is 0 Å². The highest BCUT2D eigenvalue weighted by atomic mass is 32.2. The average Bonchev–Trinajstić information content (AvgIpc) is 3.33. The molecule has 2 aliphatic rings. The molecule has 1 amide bonds. The van der Waals surface area contributed by atoms with Crippen molar-refractivity contribution in [3.05, 3.63) is 24.3 Å². The predicted octanol–water partition coefficient (Wildman–Crippen LogP) is 2.14.